The summed E-state index contributed by atoms with van der Waals surface area (Å²) in [7, 11) is 0. The molecule has 0 saturated heterocycles. The zero-order chi connectivity index (χ0) is 10.1. The lowest BCUT2D eigenvalue weighted by Gasteiger charge is -1.98. The lowest BCUT2D eigenvalue weighted by molar-refractivity contribution is 0.0689. The van der Waals surface area contributed by atoms with Crippen LogP contribution in [0, 0.1) is 0 Å². The van der Waals surface area contributed by atoms with Gasteiger partial charge in [-0.1, -0.05) is 0 Å². The Morgan fingerprint density at radius 1 is 1.29 bits per heavy atom. The fourth-order valence-electron chi connectivity index (χ4n) is 1.17. The van der Waals surface area contributed by atoms with Crippen LogP contribution in [0.3, 0.4) is 0 Å². The van der Waals surface area contributed by atoms with Gasteiger partial charge in [0.05, 0.1) is 5.52 Å². The van der Waals surface area contributed by atoms with Crippen molar-refractivity contribution in [3.8, 4) is 0 Å². The first-order valence-electron chi connectivity index (χ1n) is 3.93. The SMILES string of the molecule is Nc1ccc2nnc(C(=O)O)cc2c1. The van der Waals surface area contributed by atoms with Crippen LogP contribution in [-0.4, -0.2) is 21.3 Å². The zero-order valence-corrected chi connectivity index (χ0v) is 7.14. The Labute approximate surface area is 79.2 Å². The molecular formula is C9H7N3O2. The maximum absolute atomic E-state index is 10.6. The van der Waals surface area contributed by atoms with Crippen molar-refractivity contribution in [2.75, 3.05) is 5.73 Å². The van der Waals surface area contributed by atoms with Crippen LogP contribution in [0.5, 0.6) is 0 Å². The Hall–Kier alpha value is -2.17. The standard InChI is InChI=1S/C9H7N3O2/c10-6-1-2-7-5(3-6)4-8(9(13)14)12-11-7/h1-4H,10H2,(H,13,14). The predicted molar refractivity (Wildman–Crippen MR) is 50.9 cm³/mol. The van der Waals surface area contributed by atoms with E-state index in [2.05, 4.69) is 10.2 Å². The third kappa shape index (κ3) is 1.35. The average molecular weight is 189 g/mol. The first-order valence-corrected chi connectivity index (χ1v) is 3.93. The molecule has 0 aliphatic rings. The van der Waals surface area contributed by atoms with E-state index in [-0.39, 0.29) is 5.69 Å². The maximum Gasteiger partial charge on any atom is 0.356 e. The molecule has 0 amide bonds. The van der Waals surface area contributed by atoms with Gasteiger partial charge in [-0.3, -0.25) is 0 Å². The Balaban J connectivity index is 2.69. The number of aromatic carboxylic acids is 1. The van der Waals surface area contributed by atoms with Crippen LogP contribution >= 0.6 is 0 Å². The van der Waals surface area contributed by atoms with Crippen molar-refractivity contribution in [1.82, 2.24) is 10.2 Å². The quantitative estimate of drug-likeness (QED) is 0.651. The summed E-state index contributed by atoms with van der Waals surface area (Å²) in [6.07, 6.45) is 0. The molecule has 1 aromatic heterocycles. The van der Waals surface area contributed by atoms with Crippen LogP contribution in [0.1, 0.15) is 10.5 Å². The molecule has 5 nitrogen and oxygen atoms in total. The molecule has 2 rings (SSSR count). The van der Waals surface area contributed by atoms with E-state index < -0.39 is 5.97 Å². The van der Waals surface area contributed by atoms with Gasteiger partial charge in [-0.25, -0.2) is 4.79 Å². The fraction of sp³-hybridized carbons (Fsp3) is 0. The molecule has 0 aliphatic carbocycles. The molecule has 0 spiro atoms. The van der Waals surface area contributed by atoms with E-state index in [1.54, 1.807) is 18.2 Å². The van der Waals surface area contributed by atoms with Crippen molar-refractivity contribution >= 4 is 22.6 Å². The van der Waals surface area contributed by atoms with E-state index in [1.807, 2.05) is 0 Å². The summed E-state index contributed by atoms with van der Waals surface area (Å²) < 4.78 is 0. The van der Waals surface area contributed by atoms with Crippen LogP contribution in [0.4, 0.5) is 5.69 Å². The highest BCUT2D eigenvalue weighted by Gasteiger charge is 2.06. The molecule has 0 unspecified atom stereocenters. The van der Waals surface area contributed by atoms with E-state index >= 15 is 0 Å². The summed E-state index contributed by atoms with van der Waals surface area (Å²) in [5.41, 5.74) is 6.67. The van der Waals surface area contributed by atoms with Gasteiger partial charge >= 0.3 is 5.97 Å². The van der Waals surface area contributed by atoms with Crippen LogP contribution < -0.4 is 5.73 Å². The first kappa shape index (κ1) is 8.43. The van der Waals surface area contributed by atoms with Crippen LogP contribution in [0.2, 0.25) is 0 Å². The van der Waals surface area contributed by atoms with Gasteiger partial charge in [-0.05, 0) is 24.3 Å². The summed E-state index contributed by atoms with van der Waals surface area (Å²) in [5.74, 6) is -1.10. The normalized spacial score (nSPS) is 10.3. The molecule has 0 atom stereocenters. The number of hydrogen-bond donors (Lipinski definition) is 2. The number of nitrogens with two attached hydrogens (primary N) is 1. The van der Waals surface area contributed by atoms with E-state index in [4.69, 9.17) is 10.8 Å². The van der Waals surface area contributed by atoms with Crippen molar-refractivity contribution in [2.45, 2.75) is 0 Å². The van der Waals surface area contributed by atoms with E-state index in [0.717, 1.165) is 0 Å². The number of nitrogen functional groups attached to an aromatic ring is 1. The number of nitrogens with zero attached hydrogens (tertiary/aromatic N) is 2. The number of carboxylic acid groups (broad SMARTS) is 1. The summed E-state index contributed by atoms with van der Waals surface area (Å²) in [6.45, 7) is 0. The molecule has 0 bridgehead atoms. The number of anilines is 1. The van der Waals surface area contributed by atoms with E-state index in [1.165, 1.54) is 6.07 Å². The Morgan fingerprint density at radius 3 is 2.79 bits per heavy atom. The third-order valence-corrected chi connectivity index (χ3v) is 1.83. The first-order chi connectivity index (χ1) is 6.66. The van der Waals surface area contributed by atoms with Gasteiger partial charge in [0.2, 0.25) is 0 Å². The molecule has 70 valence electrons. The van der Waals surface area contributed by atoms with Crippen LogP contribution in [0.25, 0.3) is 10.9 Å². The Bertz CT molecular complexity index is 510. The van der Waals surface area contributed by atoms with Crippen molar-refractivity contribution in [3.63, 3.8) is 0 Å². The molecule has 1 aromatic carbocycles. The van der Waals surface area contributed by atoms with Gasteiger partial charge < -0.3 is 10.8 Å². The number of carboxylic acids is 1. The molecule has 0 radical (unpaired) electrons. The molecular weight excluding hydrogens is 182 g/mol. The Morgan fingerprint density at radius 2 is 2.07 bits per heavy atom. The molecule has 1 heterocycles. The maximum atomic E-state index is 10.6. The van der Waals surface area contributed by atoms with Crippen molar-refractivity contribution in [2.24, 2.45) is 0 Å². The van der Waals surface area contributed by atoms with Gasteiger partial charge in [-0.2, -0.15) is 0 Å². The smallest absolute Gasteiger partial charge is 0.356 e. The summed E-state index contributed by atoms with van der Waals surface area (Å²) in [4.78, 5) is 10.6. The highest BCUT2D eigenvalue weighted by atomic mass is 16.4. The number of fused-ring (bicyclic) bond motifs is 1. The number of rotatable bonds is 1. The zero-order valence-electron chi connectivity index (χ0n) is 7.14. The van der Waals surface area contributed by atoms with E-state index in [9.17, 15) is 4.79 Å². The number of aromatic nitrogens is 2. The lowest BCUT2D eigenvalue weighted by Crippen LogP contribution is -2.01. The van der Waals surface area contributed by atoms with Crippen molar-refractivity contribution < 1.29 is 9.90 Å². The highest BCUT2D eigenvalue weighted by molar-refractivity contribution is 5.91. The van der Waals surface area contributed by atoms with Crippen LogP contribution in [0.15, 0.2) is 24.3 Å². The molecule has 5 heteroatoms. The Kier molecular flexibility index (Phi) is 1.78. The topological polar surface area (TPSA) is 89.1 Å². The third-order valence-electron chi connectivity index (χ3n) is 1.83. The minimum Gasteiger partial charge on any atom is -0.476 e. The largest absolute Gasteiger partial charge is 0.476 e. The second-order valence-corrected chi connectivity index (χ2v) is 2.85. The molecule has 0 aliphatic heterocycles. The van der Waals surface area contributed by atoms with Gasteiger partial charge in [0.1, 0.15) is 0 Å². The fourth-order valence-corrected chi connectivity index (χ4v) is 1.17. The molecule has 0 fully saturated rings. The van der Waals surface area contributed by atoms with Crippen LogP contribution in [-0.2, 0) is 0 Å². The minimum atomic E-state index is -1.10. The summed E-state index contributed by atoms with van der Waals surface area (Å²) in [6, 6.07) is 6.50. The molecule has 0 saturated carbocycles. The second kappa shape index (κ2) is 2.95. The number of carbonyl (C=O) groups is 1. The van der Waals surface area contributed by atoms with Crippen molar-refractivity contribution in [1.29, 1.82) is 0 Å². The molecule has 2 aromatic rings. The van der Waals surface area contributed by atoms with Gasteiger partial charge in [-0.15, -0.1) is 10.2 Å². The monoisotopic (exact) mass is 189 g/mol. The van der Waals surface area contributed by atoms with E-state index in [0.29, 0.717) is 16.6 Å². The van der Waals surface area contributed by atoms with Crippen molar-refractivity contribution in [3.05, 3.63) is 30.0 Å². The minimum absolute atomic E-state index is 0.0805. The number of hydrogen-bond acceptors (Lipinski definition) is 4. The van der Waals surface area contributed by atoms with Gasteiger partial charge in [0, 0.05) is 11.1 Å². The average Bonchev–Trinajstić information content (AvgIpc) is 2.16. The lowest BCUT2D eigenvalue weighted by atomic mass is 10.2. The van der Waals surface area contributed by atoms with Gasteiger partial charge in [0.25, 0.3) is 0 Å². The predicted octanol–water partition coefficient (Wildman–Crippen LogP) is 0.910. The molecule has 3 N–H and O–H groups in total. The van der Waals surface area contributed by atoms with Gasteiger partial charge in [0.15, 0.2) is 5.69 Å². The molecule has 14 heavy (non-hydrogen) atoms. The second-order valence-electron chi connectivity index (χ2n) is 2.85. The summed E-state index contributed by atoms with van der Waals surface area (Å²) >= 11 is 0. The highest BCUT2D eigenvalue weighted by Crippen LogP contribution is 2.15. The number of benzene rings is 1. The summed E-state index contributed by atoms with van der Waals surface area (Å²) in [5, 5.41) is 16.7.